The maximum absolute atomic E-state index is 12.2. The Hall–Kier alpha value is -2.21. The van der Waals surface area contributed by atoms with E-state index in [2.05, 4.69) is 33.5 Å². The van der Waals surface area contributed by atoms with E-state index in [1.54, 1.807) is 0 Å². The number of piperidine rings is 2. The molecule has 0 radical (unpaired) electrons. The van der Waals surface area contributed by atoms with Crippen LogP contribution in [0.15, 0.2) is 18.2 Å². The number of carbonyl (C=O) groups excluding carboxylic acids is 2. The van der Waals surface area contributed by atoms with Crippen molar-refractivity contribution in [2.24, 2.45) is 7.05 Å². The van der Waals surface area contributed by atoms with Crippen LogP contribution < -0.4 is 5.32 Å². The Balaban J connectivity index is 1.62. The summed E-state index contributed by atoms with van der Waals surface area (Å²) in [6.45, 7) is 3.31. The number of imide groups is 1. The van der Waals surface area contributed by atoms with Gasteiger partial charge in [-0.25, -0.2) is 0 Å². The number of amides is 2. The van der Waals surface area contributed by atoms with E-state index in [0.717, 1.165) is 23.1 Å². The van der Waals surface area contributed by atoms with Gasteiger partial charge < -0.3 is 0 Å². The number of fused-ring (bicyclic) bond motifs is 1. The topological polar surface area (TPSA) is 67.2 Å². The minimum absolute atomic E-state index is 0.190. The number of nitrogens with zero attached hydrogens (tertiary/aromatic N) is 3. The summed E-state index contributed by atoms with van der Waals surface area (Å²) >= 11 is 0. The Kier molecular flexibility index (Phi) is 4.29. The summed E-state index contributed by atoms with van der Waals surface area (Å²) in [7, 11) is 1.92. The van der Waals surface area contributed by atoms with Gasteiger partial charge in [0.05, 0.1) is 17.1 Å². The Bertz CT molecular complexity index is 820. The third kappa shape index (κ3) is 3.18. The highest BCUT2D eigenvalue weighted by Crippen LogP contribution is 2.30. The van der Waals surface area contributed by atoms with Crippen LogP contribution in [0.1, 0.15) is 49.3 Å². The van der Waals surface area contributed by atoms with Crippen LogP contribution in [0.25, 0.3) is 10.9 Å². The molecule has 2 amide bonds. The molecule has 0 saturated carbocycles. The van der Waals surface area contributed by atoms with E-state index in [1.165, 1.54) is 37.9 Å². The molecule has 2 fully saturated rings. The molecule has 132 valence electrons. The van der Waals surface area contributed by atoms with Gasteiger partial charge in [0.15, 0.2) is 0 Å². The Morgan fingerprint density at radius 1 is 1.20 bits per heavy atom. The van der Waals surface area contributed by atoms with E-state index in [4.69, 9.17) is 0 Å². The highest BCUT2D eigenvalue weighted by Gasteiger charge is 2.31. The van der Waals surface area contributed by atoms with Gasteiger partial charge in [-0.05, 0) is 44.0 Å². The van der Waals surface area contributed by atoms with Crippen molar-refractivity contribution >= 4 is 22.7 Å². The lowest BCUT2D eigenvalue weighted by atomic mass is 9.92. The van der Waals surface area contributed by atoms with E-state index in [1.807, 2.05) is 11.7 Å². The standard InChI is InChI=1S/C19H24N4O2/c1-22-16-11-13(12-23-9-3-2-4-10-23)5-6-14(16)18(21-22)15-7-8-17(24)20-19(15)25/h5-6,11,15H,2-4,7-10,12H2,1H3,(H,20,24,25). The lowest BCUT2D eigenvalue weighted by molar-refractivity contribution is -0.134. The van der Waals surface area contributed by atoms with E-state index in [0.29, 0.717) is 12.8 Å². The molecule has 3 heterocycles. The largest absolute Gasteiger partial charge is 0.299 e. The van der Waals surface area contributed by atoms with Crippen molar-refractivity contribution in [1.29, 1.82) is 0 Å². The number of hydrogen-bond donors (Lipinski definition) is 1. The molecular weight excluding hydrogens is 316 g/mol. The van der Waals surface area contributed by atoms with Crippen LogP contribution in [0.2, 0.25) is 0 Å². The zero-order valence-electron chi connectivity index (χ0n) is 14.6. The summed E-state index contributed by atoms with van der Waals surface area (Å²) in [6.07, 6.45) is 4.82. The van der Waals surface area contributed by atoms with Crippen LogP contribution in [-0.2, 0) is 23.2 Å². The van der Waals surface area contributed by atoms with Crippen molar-refractivity contribution in [2.45, 2.75) is 44.6 Å². The fourth-order valence-corrected chi connectivity index (χ4v) is 4.02. The average molecular weight is 340 g/mol. The molecule has 1 aromatic carbocycles. The van der Waals surface area contributed by atoms with Crippen molar-refractivity contribution in [3.63, 3.8) is 0 Å². The lowest BCUT2D eigenvalue weighted by Crippen LogP contribution is -2.39. The van der Waals surface area contributed by atoms with Crippen LogP contribution in [0, 0.1) is 0 Å². The van der Waals surface area contributed by atoms with Crippen molar-refractivity contribution in [3.05, 3.63) is 29.5 Å². The highest BCUT2D eigenvalue weighted by atomic mass is 16.2. The molecule has 4 rings (SSSR count). The minimum Gasteiger partial charge on any atom is -0.299 e. The molecule has 1 aromatic heterocycles. The smallest absolute Gasteiger partial charge is 0.235 e. The van der Waals surface area contributed by atoms with Gasteiger partial charge in [-0.1, -0.05) is 18.6 Å². The first-order valence-electron chi connectivity index (χ1n) is 9.13. The second kappa shape index (κ2) is 6.59. The SMILES string of the molecule is Cn1nc(C2CCC(=O)NC2=O)c2ccc(CN3CCCCC3)cc21. The quantitative estimate of drug-likeness (QED) is 0.869. The van der Waals surface area contributed by atoms with E-state index < -0.39 is 0 Å². The van der Waals surface area contributed by atoms with Crippen molar-refractivity contribution in [2.75, 3.05) is 13.1 Å². The fourth-order valence-electron chi connectivity index (χ4n) is 4.02. The molecule has 1 atom stereocenters. The lowest BCUT2D eigenvalue weighted by Gasteiger charge is -2.26. The average Bonchev–Trinajstić information content (AvgIpc) is 2.92. The number of hydrogen-bond acceptors (Lipinski definition) is 4. The number of carbonyl (C=O) groups is 2. The van der Waals surface area contributed by atoms with Gasteiger partial charge in [-0.15, -0.1) is 0 Å². The monoisotopic (exact) mass is 340 g/mol. The number of rotatable bonds is 3. The Labute approximate surface area is 147 Å². The first-order chi connectivity index (χ1) is 12.1. The van der Waals surface area contributed by atoms with Gasteiger partial charge in [0.1, 0.15) is 0 Å². The van der Waals surface area contributed by atoms with Crippen LogP contribution >= 0.6 is 0 Å². The summed E-state index contributed by atoms with van der Waals surface area (Å²) in [4.78, 5) is 26.1. The number of aromatic nitrogens is 2. The number of benzene rings is 1. The molecule has 0 bridgehead atoms. The number of nitrogens with one attached hydrogen (secondary N) is 1. The molecule has 6 nitrogen and oxygen atoms in total. The van der Waals surface area contributed by atoms with Crippen molar-refractivity contribution in [1.82, 2.24) is 20.0 Å². The molecule has 1 unspecified atom stereocenters. The summed E-state index contributed by atoms with van der Waals surface area (Å²) in [6, 6.07) is 6.42. The predicted octanol–water partition coefficient (Wildman–Crippen LogP) is 2.08. The molecule has 0 spiro atoms. The molecule has 2 saturated heterocycles. The fraction of sp³-hybridized carbons (Fsp3) is 0.526. The van der Waals surface area contributed by atoms with Crippen LogP contribution in [0.3, 0.4) is 0 Å². The molecule has 2 aromatic rings. The second-order valence-electron chi connectivity index (χ2n) is 7.20. The third-order valence-electron chi connectivity index (χ3n) is 5.37. The van der Waals surface area contributed by atoms with Crippen molar-refractivity contribution in [3.8, 4) is 0 Å². The molecular formula is C19H24N4O2. The van der Waals surface area contributed by atoms with Gasteiger partial charge in [-0.3, -0.25) is 24.5 Å². The van der Waals surface area contributed by atoms with Gasteiger partial charge in [0.2, 0.25) is 11.8 Å². The zero-order chi connectivity index (χ0) is 17.4. The molecule has 0 aliphatic carbocycles. The maximum Gasteiger partial charge on any atom is 0.235 e. The van der Waals surface area contributed by atoms with Crippen molar-refractivity contribution < 1.29 is 9.59 Å². The Morgan fingerprint density at radius 2 is 2.00 bits per heavy atom. The summed E-state index contributed by atoms with van der Waals surface area (Å²) in [5, 5.41) is 8.05. The first kappa shape index (κ1) is 16.3. The maximum atomic E-state index is 12.2. The van der Waals surface area contributed by atoms with E-state index in [9.17, 15) is 9.59 Å². The van der Waals surface area contributed by atoms with Crippen LogP contribution in [0.5, 0.6) is 0 Å². The summed E-state index contributed by atoms with van der Waals surface area (Å²) in [5.74, 6) is -0.756. The summed E-state index contributed by atoms with van der Waals surface area (Å²) < 4.78 is 1.86. The van der Waals surface area contributed by atoms with E-state index in [-0.39, 0.29) is 17.7 Å². The zero-order valence-corrected chi connectivity index (χ0v) is 14.6. The molecule has 2 aliphatic heterocycles. The number of likely N-dealkylation sites (tertiary alicyclic amines) is 1. The molecule has 6 heteroatoms. The first-order valence-corrected chi connectivity index (χ1v) is 9.13. The van der Waals surface area contributed by atoms with Gasteiger partial charge in [0, 0.05) is 25.4 Å². The van der Waals surface area contributed by atoms with Crippen LogP contribution in [0.4, 0.5) is 0 Å². The molecule has 25 heavy (non-hydrogen) atoms. The van der Waals surface area contributed by atoms with E-state index >= 15 is 0 Å². The number of aryl methyl sites for hydroxylation is 1. The van der Waals surface area contributed by atoms with Gasteiger partial charge >= 0.3 is 0 Å². The van der Waals surface area contributed by atoms with Gasteiger partial charge in [-0.2, -0.15) is 5.10 Å². The Morgan fingerprint density at radius 3 is 2.76 bits per heavy atom. The third-order valence-corrected chi connectivity index (χ3v) is 5.37. The molecule has 1 N–H and O–H groups in total. The van der Waals surface area contributed by atoms with Crippen LogP contribution in [-0.4, -0.2) is 39.6 Å². The normalized spacial score (nSPS) is 22.4. The van der Waals surface area contributed by atoms with Gasteiger partial charge in [0.25, 0.3) is 0 Å². The minimum atomic E-state index is -0.339. The second-order valence-corrected chi connectivity index (χ2v) is 7.20. The predicted molar refractivity (Wildman–Crippen MR) is 95.0 cm³/mol. The highest BCUT2D eigenvalue weighted by molar-refractivity contribution is 6.02. The molecule has 2 aliphatic rings. The summed E-state index contributed by atoms with van der Waals surface area (Å²) in [5.41, 5.74) is 3.12.